The van der Waals surface area contributed by atoms with Crippen LogP contribution in [0.2, 0.25) is 0 Å². The molecule has 0 bridgehead atoms. The minimum Gasteiger partial charge on any atom is -0.444 e. The van der Waals surface area contributed by atoms with Gasteiger partial charge < -0.3 is 15.4 Å². The first kappa shape index (κ1) is 16.1. The molecule has 1 heterocycles. The summed E-state index contributed by atoms with van der Waals surface area (Å²) in [4.78, 5) is 15.8. The quantitative estimate of drug-likeness (QED) is 0.829. The zero-order chi connectivity index (χ0) is 16.0. The number of ether oxygens (including phenoxy) is 1. The summed E-state index contributed by atoms with van der Waals surface area (Å²) in [5.74, 6) is 0. The van der Waals surface area contributed by atoms with Crippen molar-refractivity contribution < 1.29 is 9.53 Å². The number of nitrogens with one attached hydrogen (secondary N) is 2. The fourth-order valence-electron chi connectivity index (χ4n) is 2.07. The summed E-state index contributed by atoms with van der Waals surface area (Å²) in [6.45, 7) is 6.89. The highest BCUT2D eigenvalue weighted by molar-refractivity contribution is 5.90. The van der Waals surface area contributed by atoms with E-state index in [-0.39, 0.29) is 6.09 Å². The van der Waals surface area contributed by atoms with E-state index in [0.29, 0.717) is 6.54 Å². The number of hydrogen-bond acceptors (Lipinski definition) is 4. The van der Waals surface area contributed by atoms with Gasteiger partial charge in [0.1, 0.15) is 5.60 Å². The van der Waals surface area contributed by atoms with Crippen LogP contribution < -0.4 is 10.6 Å². The average molecular weight is 301 g/mol. The molecule has 2 N–H and O–H groups in total. The third-order valence-electron chi connectivity index (χ3n) is 2.99. The van der Waals surface area contributed by atoms with Crippen LogP contribution in [0, 0.1) is 0 Å². The second-order valence-electron chi connectivity index (χ2n) is 6.08. The number of aromatic nitrogens is 1. The van der Waals surface area contributed by atoms with E-state index < -0.39 is 5.60 Å². The van der Waals surface area contributed by atoms with Crippen molar-refractivity contribution in [3.05, 3.63) is 36.5 Å². The summed E-state index contributed by atoms with van der Waals surface area (Å²) in [6, 6.07) is 9.97. The van der Waals surface area contributed by atoms with Crippen LogP contribution in [-0.4, -0.2) is 29.8 Å². The summed E-state index contributed by atoms with van der Waals surface area (Å²) in [7, 11) is 0. The summed E-state index contributed by atoms with van der Waals surface area (Å²) in [5, 5.41) is 7.23. The molecule has 0 aliphatic rings. The molecule has 1 aromatic carbocycles. The number of rotatable bonds is 5. The highest BCUT2D eigenvalue weighted by atomic mass is 16.6. The molecule has 0 aliphatic heterocycles. The van der Waals surface area contributed by atoms with Crippen LogP contribution in [-0.2, 0) is 4.74 Å². The average Bonchev–Trinajstić information content (AvgIpc) is 2.45. The summed E-state index contributed by atoms with van der Waals surface area (Å²) in [5.41, 5.74) is 1.57. The van der Waals surface area contributed by atoms with Gasteiger partial charge in [-0.3, -0.25) is 4.98 Å². The Morgan fingerprint density at radius 2 is 1.95 bits per heavy atom. The van der Waals surface area contributed by atoms with Crippen molar-refractivity contribution >= 4 is 22.7 Å². The molecule has 5 heteroatoms. The molecule has 118 valence electrons. The van der Waals surface area contributed by atoms with Crippen LogP contribution in [0.15, 0.2) is 36.5 Å². The molecule has 0 radical (unpaired) electrons. The number of alkyl carbamates (subject to hydrolysis) is 1. The summed E-state index contributed by atoms with van der Waals surface area (Å²) in [6.07, 6.45) is 2.24. The van der Waals surface area contributed by atoms with Gasteiger partial charge in [0.2, 0.25) is 0 Å². The maximum atomic E-state index is 11.5. The summed E-state index contributed by atoms with van der Waals surface area (Å²) < 4.78 is 5.18. The van der Waals surface area contributed by atoms with Crippen LogP contribution in [0.5, 0.6) is 0 Å². The van der Waals surface area contributed by atoms with Crippen LogP contribution in [0.3, 0.4) is 0 Å². The van der Waals surface area contributed by atoms with E-state index in [2.05, 4.69) is 15.6 Å². The highest BCUT2D eigenvalue weighted by Crippen LogP contribution is 2.20. The van der Waals surface area contributed by atoms with Crippen LogP contribution in [0.4, 0.5) is 10.5 Å². The Bertz CT molecular complexity index is 630. The minimum atomic E-state index is -0.460. The molecule has 1 aromatic heterocycles. The first-order valence-corrected chi connectivity index (χ1v) is 7.50. The van der Waals surface area contributed by atoms with Gasteiger partial charge in [0.05, 0.1) is 5.52 Å². The lowest BCUT2D eigenvalue weighted by Crippen LogP contribution is -2.33. The molecule has 1 amide bonds. The van der Waals surface area contributed by atoms with E-state index in [1.165, 1.54) is 0 Å². The molecule has 0 atom stereocenters. The maximum Gasteiger partial charge on any atom is 0.407 e. The zero-order valence-corrected chi connectivity index (χ0v) is 13.3. The van der Waals surface area contributed by atoms with Gasteiger partial charge in [-0.1, -0.05) is 18.2 Å². The molecule has 5 nitrogen and oxygen atoms in total. The molecule has 0 unspecified atom stereocenters. The van der Waals surface area contributed by atoms with Gasteiger partial charge >= 0.3 is 6.09 Å². The lowest BCUT2D eigenvalue weighted by atomic mass is 10.2. The van der Waals surface area contributed by atoms with Gasteiger partial charge in [-0.05, 0) is 39.3 Å². The van der Waals surface area contributed by atoms with Gasteiger partial charge in [-0.25, -0.2) is 4.79 Å². The van der Waals surface area contributed by atoms with Crippen molar-refractivity contribution in [1.29, 1.82) is 0 Å². The Balaban J connectivity index is 1.76. The number of fused-ring (bicyclic) bond motifs is 1. The lowest BCUT2D eigenvalue weighted by Gasteiger charge is -2.19. The van der Waals surface area contributed by atoms with Crippen molar-refractivity contribution in [1.82, 2.24) is 10.3 Å². The normalized spacial score (nSPS) is 11.2. The highest BCUT2D eigenvalue weighted by Gasteiger charge is 2.15. The third-order valence-corrected chi connectivity index (χ3v) is 2.99. The first-order valence-electron chi connectivity index (χ1n) is 7.50. The summed E-state index contributed by atoms with van der Waals surface area (Å²) >= 11 is 0. The minimum absolute atomic E-state index is 0.373. The lowest BCUT2D eigenvalue weighted by molar-refractivity contribution is 0.0528. The SMILES string of the molecule is CC(C)(C)OC(=O)NCCCNc1ccnc2ccccc12. The topological polar surface area (TPSA) is 63.2 Å². The number of nitrogens with zero attached hydrogens (tertiary/aromatic N) is 1. The van der Waals surface area contributed by atoms with Crippen molar-refractivity contribution in [2.75, 3.05) is 18.4 Å². The van der Waals surface area contributed by atoms with Crippen molar-refractivity contribution in [3.8, 4) is 0 Å². The van der Waals surface area contributed by atoms with Gasteiger partial charge in [0.25, 0.3) is 0 Å². The molecular formula is C17H23N3O2. The first-order chi connectivity index (χ1) is 10.5. The van der Waals surface area contributed by atoms with E-state index in [1.807, 2.05) is 51.1 Å². The Labute approximate surface area is 131 Å². The fourth-order valence-corrected chi connectivity index (χ4v) is 2.07. The number of hydrogen-bond donors (Lipinski definition) is 2. The number of carbonyl (C=O) groups is 1. The van der Waals surface area contributed by atoms with E-state index in [4.69, 9.17) is 4.74 Å². The van der Waals surface area contributed by atoms with Gasteiger partial charge in [-0.2, -0.15) is 0 Å². The van der Waals surface area contributed by atoms with Crippen molar-refractivity contribution in [2.24, 2.45) is 0 Å². The molecule has 2 rings (SSSR count). The number of para-hydroxylation sites is 1. The number of benzene rings is 1. The second-order valence-corrected chi connectivity index (χ2v) is 6.08. The number of amides is 1. The fraction of sp³-hybridized carbons (Fsp3) is 0.412. The Morgan fingerprint density at radius 1 is 1.18 bits per heavy atom. The molecule has 0 spiro atoms. The molecule has 0 saturated carbocycles. The Hall–Kier alpha value is -2.30. The van der Waals surface area contributed by atoms with Crippen molar-refractivity contribution in [3.63, 3.8) is 0 Å². The van der Waals surface area contributed by atoms with Gasteiger partial charge in [0.15, 0.2) is 0 Å². The predicted molar refractivity (Wildman–Crippen MR) is 89.1 cm³/mol. The largest absolute Gasteiger partial charge is 0.444 e. The smallest absolute Gasteiger partial charge is 0.407 e. The Morgan fingerprint density at radius 3 is 2.73 bits per heavy atom. The number of anilines is 1. The monoisotopic (exact) mass is 301 g/mol. The van der Waals surface area contributed by atoms with Crippen LogP contribution in [0.1, 0.15) is 27.2 Å². The van der Waals surface area contributed by atoms with Crippen LogP contribution >= 0.6 is 0 Å². The number of pyridine rings is 1. The second kappa shape index (κ2) is 7.11. The standard InChI is InChI=1S/C17H23N3O2/c1-17(2,3)22-16(21)20-11-6-10-18-15-9-12-19-14-8-5-4-7-13(14)15/h4-5,7-9,12H,6,10-11H2,1-3H3,(H,18,19)(H,20,21). The van der Waals surface area contributed by atoms with E-state index in [9.17, 15) is 4.79 Å². The maximum absolute atomic E-state index is 11.5. The zero-order valence-electron chi connectivity index (χ0n) is 13.3. The third kappa shape index (κ3) is 4.91. The molecule has 0 aliphatic carbocycles. The van der Waals surface area contributed by atoms with Gasteiger partial charge in [-0.15, -0.1) is 0 Å². The van der Waals surface area contributed by atoms with Crippen molar-refractivity contribution in [2.45, 2.75) is 32.8 Å². The molecule has 0 saturated heterocycles. The molecular weight excluding hydrogens is 278 g/mol. The van der Waals surface area contributed by atoms with Gasteiger partial charge in [0, 0.05) is 30.4 Å². The molecule has 22 heavy (non-hydrogen) atoms. The van der Waals surface area contributed by atoms with E-state index in [1.54, 1.807) is 6.20 Å². The van der Waals surface area contributed by atoms with E-state index in [0.717, 1.165) is 29.6 Å². The van der Waals surface area contributed by atoms with E-state index >= 15 is 0 Å². The molecule has 0 fully saturated rings. The Kier molecular flexibility index (Phi) is 5.20. The van der Waals surface area contributed by atoms with Crippen LogP contribution in [0.25, 0.3) is 10.9 Å². The number of carbonyl (C=O) groups excluding carboxylic acids is 1. The molecule has 2 aromatic rings. The predicted octanol–water partition coefficient (Wildman–Crippen LogP) is 3.56.